The lowest BCUT2D eigenvalue weighted by molar-refractivity contribution is -0.678. The quantitative estimate of drug-likeness (QED) is 0.674. The molecule has 4 nitrogen and oxygen atoms in total. The van der Waals surface area contributed by atoms with Crippen LogP contribution in [0.15, 0.2) is 34.3 Å². The zero-order valence-corrected chi connectivity index (χ0v) is 13.5. The van der Waals surface area contributed by atoms with E-state index in [1.165, 1.54) is 21.6 Å². The smallest absolute Gasteiger partial charge is 0.221 e. The molecule has 0 fully saturated rings. The number of pyridine rings is 2. The van der Waals surface area contributed by atoms with Gasteiger partial charge in [-0.1, -0.05) is 0 Å². The van der Waals surface area contributed by atoms with Crippen LogP contribution in [0.2, 0.25) is 0 Å². The highest BCUT2D eigenvalue weighted by molar-refractivity contribution is 8.76. The maximum Gasteiger partial charge on any atom is 0.221 e. The number of aromatic hydroxyl groups is 2. The molecule has 0 saturated heterocycles. The lowest BCUT2D eigenvalue weighted by Gasteiger charge is -2.06. The SMILES string of the molecule is Cc1c(O)c(SSc2cc[n+](C)c(C)c2O)cc[n+]1C. The summed E-state index contributed by atoms with van der Waals surface area (Å²) >= 11 is 0. The van der Waals surface area contributed by atoms with Crippen molar-refractivity contribution in [2.24, 2.45) is 14.1 Å². The van der Waals surface area contributed by atoms with Gasteiger partial charge in [0.15, 0.2) is 23.9 Å². The molecule has 0 atom stereocenters. The lowest BCUT2D eigenvalue weighted by atomic mass is 10.3. The van der Waals surface area contributed by atoms with Gasteiger partial charge in [0.1, 0.15) is 14.1 Å². The Labute approximate surface area is 126 Å². The number of hydrogen-bond donors (Lipinski definition) is 2. The van der Waals surface area contributed by atoms with E-state index >= 15 is 0 Å². The van der Waals surface area contributed by atoms with Crippen LogP contribution in [0.5, 0.6) is 11.5 Å². The van der Waals surface area contributed by atoms with Crippen LogP contribution in [0.25, 0.3) is 0 Å². The summed E-state index contributed by atoms with van der Waals surface area (Å²) in [7, 11) is 6.66. The van der Waals surface area contributed by atoms with E-state index in [0.717, 1.165) is 21.2 Å². The van der Waals surface area contributed by atoms with Crippen molar-refractivity contribution < 1.29 is 19.3 Å². The van der Waals surface area contributed by atoms with Crippen molar-refractivity contribution in [3.63, 3.8) is 0 Å². The van der Waals surface area contributed by atoms with E-state index in [9.17, 15) is 10.2 Å². The van der Waals surface area contributed by atoms with Crippen molar-refractivity contribution in [3.8, 4) is 11.5 Å². The maximum absolute atomic E-state index is 10.1. The largest absolute Gasteiger partial charge is 0.502 e. The van der Waals surface area contributed by atoms with Crippen LogP contribution in [-0.4, -0.2) is 10.2 Å². The van der Waals surface area contributed by atoms with Crippen LogP contribution in [0.3, 0.4) is 0 Å². The van der Waals surface area contributed by atoms with Crippen LogP contribution in [0.1, 0.15) is 11.4 Å². The minimum absolute atomic E-state index is 0.283. The van der Waals surface area contributed by atoms with Crippen molar-refractivity contribution in [1.82, 2.24) is 0 Å². The molecule has 6 heteroatoms. The minimum Gasteiger partial charge on any atom is -0.502 e. The monoisotopic (exact) mass is 310 g/mol. The Bertz CT molecular complexity index is 603. The molecule has 0 aromatic carbocycles. The second kappa shape index (κ2) is 5.93. The third kappa shape index (κ3) is 2.86. The fraction of sp³-hybridized carbons (Fsp3) is 0.286. The first kappa shape index (κ1) is 15.0. The van der Waals surface area contributed by atoms with E-state index in [1.807, 2.05) is 61.6 Å². The van der Waals surface area contributed by atoms with Gasteiger partial charge in [-0.15, -0.1) is 0 Å². The molecule has 106 valence electrons. The summed E-state index contributed by atoms with van der Waals surface area (Å²) in [6.07, 6.45) is 3.82. The predicted octanol–water partition coefficient (Wildman–Crippen LogP) is 2.16. The Morgan fingerprint density at radius 1 is 0.800 bits per heavy atom. The number of aryl methyl sites for hydroxylation is 2. The molecule has 0 unspecified atom stereocenters. The second-order valence-electron chi connectivity index (χ2n) is 4.62. The Morgan fingerprint density at radius 3 is 1.50 bits per heavy atom. The highest BCUT2D eigenvalue weighted by Gasteiger charge is 2.17. The van der Waals surface area contributed by atoms with Gasteiger partial charge in [0.05, 0.1) is 9.79 Å². The van der Waals surface area contributed by atoms with Gasteiger partial charge in [-0.3, -0.25) is 0 Å². The minimum atomic E-state index is 0.283. The summed E-state index contributed by atoms with van der Waals surface area (Å²) in [5, 5.41) is 20.2. The Hall–Kier alpha value is -1.40. The van der Waals surface area contributed by atoms with E-state index in [1.54, 1.807) is 0 Å². The molecule has 0 aliphatic rings. The van der Waals surface area contributed by atoms with Gasteiger partial charge in [-0.2, -0.15) is 0 Å². The molecule has 0 saturated carbocycles. The van der Waals surface area contributed by atoms with E-state index < -0.39 is 0 Å². The summed E-state index contributed by atoms with van der Waals surface area (Å²) in [4.78, 5) is 1.58. The number of aromatic nitrogens is 2. The normalized spacial score (nSPS) is 10.8. The summed E-state index contributed by atoms with van der Waals surface area (Å²) in [5.74, 6) is 0.565. The van der Waals surface area contributed by atoms with E-state index in [0.29, 0.717) is 0 Å². The second-order valence-corrected chi connectivity index (χ2v) is 6.83. The fourth-order valence-corrected chi connectivity index (χ4v) is 3.87. The molecule has 0 spiro atoms. The molecule has 0 amide bonds. The van der Waals surface area contributed by atoms with E-state index in [4.69, 9.17) is 0 Å². The van der Waals surface area contributed by atoms with Gasteiger partial charge in [0.25, 0.3) is 0 Å². The molecule has 0 bridgehead atoms. The molecule has 2 aromatic heterocycles. The first-order chi connectivity index (χ1) is 9.41. The van der Waals surface area contributed by atoms with Crippen molar-refractivity contribution in [3.05, 3.63) is 35.9 Å². The molecule has 2 rings (SSSR count). The van der Waals surface area contributed by atoms with Crippen LogP contribution in [0, 0.1) is 13.8 Å². The fourth-order valence-electron chi connectivity index (χ4n) is 1.66. The number of nitrogens with zero attached hydrogens (tertiary/aromatic N) is 2. The third-order valence-electron chi connectivity index (χ3n) is 3.33. The zero-order valence-electron chi connectivity index (χ0n) is 11.9. The molecule has 0 aliphatic heterocycles. The topological polar surface area (TPSA) is 48.2 Å². The Kier molecular flexibility index (Phi) is 4.45. The molecule has 2 N–H and O–H groups in total. The van der Waals surface area contributed by atoms with Crippen molar-refractivity contribution in [2.75, 3.05) is 0 Å². The van der Waals surface area contributed by atoms with E-state index in [2.05, 4.69) is 0 Å². The van der Waals surface area contributed by atoms with Gasteiger partial charge < -0.3 is 10.2 Å². The first-order valence-electron chi connectivity index (χ1n) is 6.12. The van der Waals surface area contributed by atoms with Gasteiger partial charge in [0.2, 0.25) is 11.4 Å². The van der Waals surface area contributed by atoms with Gasteiger partial charge >= 0.3 is 0 Å². The maximum atomic E-state index is 10.1. The summed E-state index contributed by atoms with van der Waals surface area (Å²) in [6, 6.07) is 3.74. The number of rotatable bonds is 3. The van der Waals surface area contributed by atoms with Crippen LogP contribution < -0.4 is 9.13 Å². The highest BCUT2D eigenvalue weighted by Crippen LogP contribution is 2.44. The molecule has 2 heterocycles. The Morgan fingerprint density at radius 2 is 1.15 bits per heavy atom. The van der Waals surface area contributed by atoms with Crippen LogP contribution in [0.4, 0.5) is 0 Å². The third-order valence-corrected chi connectivity index (χ3v) is 5.76. The summed E-state index contributed by atoms with van der Waals surface area (Å²) in [5.41, 5.74) is 1.63. The van der Waals surface area contributed by atoms with Gasteiger partial charge in [-0.25, -0.2) is 9.13 Å². The van der Waals surface area contributed by atoms with Crippen molar-refractivity contribution in [2.45, 2.75) is 23.6 Å². The average Bonchev–Trinajstić information content (AvgIpc) is 2.43. The summed E-state index contributed by atoms with van der Waals surface area (Å²) < 4.78 is 3.74. The zero-order chi connectivity index (χ0) is 14.9. The predicted molar refractivity (Wildman–Crippen MR) is 79.8 cm³/mol. The van der Waals surface area contributed by atoms with Crippen molar-refractivity contribution in [1.29, 1.82) is 0 Å². The lowest BCUT2D eigenvalue weighted by Crippen LogP contribution is -2.31. The molecule has 2 aromatic rings. The van der Waals surface area contributed by atoms with Crippen LogP contribution >= 0.6 is 21.6 Å². The summed E-state index contributed by atoms with van der Waals surface area (Å²) in [6.45, 7) is 3.74. The standard InChI is InChI=1S/C14H16N2O2S2/c1-9-13(17)11(5-7-15(9)3)19-20-12-6-8-16(4)10(2)14(12)18/h5-8H,1-4H3/p+2. The Balaban J connectivity index is 2.22. The van der Waals surface area contributed by atoms with Crippen molar-refractivity contribution >= 4 is 21.6 Å². The molecule has 0 aliphatic carbocycles. The highest BCUT2D eigenvalue weighted by atomic mass is 33.1. The first-order valence-corrected chi connectivity index (χ1v) is 8.27. The average molecular weight is 310 g/mol. The molecular formula is C14H18N2O2S2+2. The van der Waals surface area contributed by atoms with E-state index in [-0.39, 0.29) is 11.5 Å². The molecule has 20 heavy (non-hydrogen) atoms. The van der Waals surface area contributed by atoms with Gasteiger partial charge in [-0.05, 0) is 21.6 Å². The van der Waals surface area contributed by atoms with Crippen LogP contribution in [-0.2, 0) is 14.1 Å². The molecule has 0 radical (unpaired) electrons. The molecular weight excluding hydrogens is 292 g/mol. The number of hydrogen-bond acceptors (Lipinski definition) is 4. The van der Waals surface area contributed by atoms with Gasteiger partial charge in [0, 0.05) is 26.0 Å².